The Morgan fingerprint density at radius 3 is 2.82 bits per heavy atom. The number of thioether (sulfide) groups is 1. The lowest BCUT2D eigenvalue weighted by Gasteiger charge is -2.11. The summed E-state index contributed by atoms with van der Waals surface area (Å²) in [5.41, 5.74) is 7.19. The van der Waals surface area contributed by atoms with E-state index >= 15 is 0 Å². The van der Waals surface area contributed by atoms with E-state index in [9.17, 15) is 0 Å². The quantitative estimate of drug-likeness (QED) is 0.520. The Morgan fingerprint density at radius 2 is 2.29 bits per heavy atom. The summed E-state index contributed by atoms with van der Waals surface area (Å²) in [6.45, 7) is 0. The molecular weight excluding hydrogens is 300 g/mol. The molecule has 2 rings (SSSR count). The number of amidine groups is 1. The van der Waals surface area contributed by atoms with Gasteiger partial charge in [-0.25, -0.2) is 4.68 Å². The summed E-state index contributed by atoms with van der Waals surface area (Å²) in [6, 6.07) is 5.78. The molecule has 1 heterocycles. The lowest BCUT2D eigenvalue weighted by atomic mass is 10.1. The zero-order valence-corrected chi connectivity index (χ0v) is 11.5. The first-order chi connectivity index (χ1) is 8.13. The zero-order valence-electron chi connectivity index (χ0n) is 9.14. The first-order valence-electron chi connectivity index (χ1n) is 4.85. The van der Waals surface area contributed by atoms with Crippen LogP contribution in [0.2, 0.25) is 0 Å². The van der Waals surface area contributed by atoms with Crippen LogP contribution < -0.4 is 5.73 Å². The van der Waals surface area contributed by atoms with Gasteiger partial charge in [-0.1, -0.05) is 6.07 Å². The maximum atomic E-state index is 7.69. The van der Waals surface area contributed by atoms with Gasteiger partial charge < -0.3 is 5.73 Å². The number of nitrogens with one attached hydrogen (secondary N) is 1. The third-order valence-electron chi connectivity index (χ3n) is 2.29. The minimum atomic E-state index is 0.0524. The highest BCUT2D eigenvalue weighted by Gasteiger charge is 2.12. The normalized spacial score (nSPS) is 10.5. The number of hydrogen-bond donors (Lipinski definition) is 2. The molecule has 0 fully saturated rings. The van der Waals surface area contributed by atoms with Gasteiger partial charge in [0.15, 0.2) is 0 Å². The van der Waals surface area contributed by atoms with Crippen molar-refractivity contribution in [1.29, 1.82) is 5.41 Å². The molecule has 0 saturated heterocycles. The van der Waals surface area contributed by atoms with Crippen LogP contribution in [0.15, 0.2) is 40.0 Å². The molecule has 1 aromatic heterocycles. The number of benzene rings is 1. The molecule has 2 aromatic rings. The molecule has 0 aliphatic heterocycles. The van der Waals surface area contributed by atoms with E-state index in [0.717, 1.165) is 20.6 Å². The molecule has 0 unspecified atom stereocenters. The molecule has 0 atom stereocenters. The number of aromatic nitrogens is 2. The number of rotatable bonds is 3. The second-order valence-electron chi connectivity index (χ2n) is 3.37. The Labute approximate surface area is 112 Å². The Hall–Kier alpha value is -1.27. The van der Waals surface area contributed by atoms with Crippen molar-refractivity contribution >= 4 is 33.5 Å². The van der Waals surface area contributed by atoms with Crippen LogP contribution >= 0.6 is 27.7 Å². The van der Waals surface area contributed by atoms with Crippen molar-refractivity contribution in [2.45, 2.75) is 4.90 Å². The van der Waals surface area contributed by atoms with Crippen molar-refractivity contribution in [3.8, 4) is 5.69 Å². The Bertz CT molecular complexity index is 564. The number of hydrogen-bond acceptors (Lipinski definition) is 3. The molecule has 88 valence electrons. The minimum absolute atomic E-state index is 0.0524. The maximum Gasteiger partial charge on any atom is 0.126 e. The SMILES string of the molecule is CSc1cccc(-n2cc(Br)cn2)c1C(=N)N. The molecule has 0 aliphatic rings. The van der Waals surface area contributed by atoms with Crippen molar-refractivity contribution in [3.05, 3.63) is 40.6 Å². The van der Waals surface area contributed by atoms with Gasteiger partial charge in [0.1, 0.15) is 5.84 Å². The van der Waals surface area contributed by atoms with Crippen molar-refractivity contribution in [1.82, 2.24) is 9.78 Å². The molecule has 17 heavy (non-hydrogen) atoms. The number of halogens is 1. The van der Waals surface area contributed by atoms with Crippen LogP contribution in [0.1, 0.15) is 5.56 Å². The summed E-state index contributed by atoms with van der Waals surface area (Å²) in [5.74, 6) is 0.0524. The van der Waals surface area contributed by atoms with Crippen LogP contribution in [-0.4, -0.2) is 21.9 Å². The van der Waals surface area contributed by atoms with Crippen molar-refractivity contribution in [3.63, 3.8) is 0 Å². The second-order valence-corrected chi connectivity index (χ2v) is 5.13. The molecule has 0 radical (unpaired) electrons. The van der Waals surface area contributed by atoms with Gasteiger partial charge >= 0.3 is 0 Å². The molecule has 0 amide bonds. The lowest BCUT2D eigenvalue weighted by molar-refractivity contribution is 0.873. The standard InChI is InChI=1S/C11H11BrN4S/c1-17-9-4-2-3-8(10(9)11(13)14)16-6-7(12)5-15-16/h2-6H,1H3,(H3,13,14). The summed E-state index contributed by atoms with van der Waals surface area (Å²) in [6.07, 6.45) is 5.51. The summed E-state index contributed by atoms with van der Waals surface area (Å²) in [5, 5.41) is 11.9. The number of nitrogens with zero attached hydrogens (tertiary/aromatic N) is 2. The molecule has 0 saturated carbocycles. The molecule has 0 bridgehead atoms. The average Bonchev–Trinajstić information content (AvgIpc) is 2.74. The van der Waals surface area contributed by atoms with Gasteiger partial charge in [-0.05, 0) is 34.3 Å². The van der Waals surface area contributed by atoms with E-state index in [1.165, 1.54) is 0 Å². The van der Waals surface area contributed by atoms with Crippen LogP contribution in [0, 0.1) is 5.41 Å². The predicted octanol–water partition coefficient (Wildman–Crippen LogP) is 2.64. The van der Waals surface area contributed by atoms with Gasteiger partial charge in [-0.3, -0.25) is 5.41 Å². The molecule has 3 N–H and O–H groups in total. The van der Waals surface area contributed by atoms with Gasteiger partial charge in [-0.15, -0.1) is 11.8 Å². The predicted molar refractivity (Wildman–Crippen MR) is 74.1 cm³/mol. The topological polar surface area (TPSA) is 67.7 Å². The van der Waals surface area contributed by atoms with Gasteiger partial charge in [0, 0.05) is 11.1 Å². The van der Waals surface area contributed by atoms with Gasteiger partial charge in [0.05, 0.1) is 21.9 Å². The van der Waals surface area contributed by atoms with Crippen molar-refractivity contribution in [2.75, 3.05) is 6.26 Å². The summed E-state index contributed by atoms with van der Waals surface area (Å²) < 4.78 is 2.60. The Morgan fingerprint density at radius 1 is 1.53 bits per heavy atom. The van der Waals surface area contributed by atoms with E-state index in [1.807, 2.05) is 30.7 Å². The van der Waals surface area contributed by atoms with Gasteiger partial charge in [-0.2, -0.15) is 5.10 Å². The van der Waals surface area contributed by atoms with E-state index in [0.29, 0.717) is 0 Å². The van der Waals surface area contributed by atoms with Crippen LogP contribution in [0.25, 0.3) is 5.69 Å². The molecular formula is C11H11BrN4S. The fourth-order valence-corrected chi connectivity index (χ4v) is 2.50. The van der Waals surface area contributed by atoms with E-state index in [2.05, 4.69) is 21.0 Å². The largest absolute Gasteiger partial charge is 0.384 e. The monoisotopic (exact) mass is 310 g/mol. The molecule has 1 aromatic carbocycles. The molecule has 0 spiro atoms. The number of nitrogen functional groups attached to an aromatic ring is 1. The first-order valence-corrected chi connectivity index (χ1v) is 6.87. The second kappa shape index (κ2) is 4.93. The third kappa shape index (κ3) is 2.37. The van der Waals surface area contributed by atoms with Crippen LogP contribution in [0.3, 0.4) is 0 Å². The highest BCUT2D eigenvalue weighted by Crippen LogP contribution is 2.26. The molecule has 6 heteroatoms. The fourth-order valence-electron chi connectivity index (χ4n) is 1.58. The van der Waals surface area contributed by atoms with E-state index in [4.69, 9.17) is 11.1 Å². The molecule has 0 aliphatic carbocycles. The van der Waals surface area contributed by atoms with E-state index < -0.39 is 0 Å². The zero-order chi connectivity index (χ0) is 12.4. The van der Waals surface area contributed by atoms with Gasteiger partial charge in [0.2, 0.25) is 0 Å². The maximum absolute atomic E-state index is 7.69. The fraction of sp³-hybridized carbons (Fsp3) is 0.0909. The summed E-state index contributed by atoms with van der Waals surface area (Å²) >= 11 is 4.92. The summed E-state index contributed by atoms with van der Waals surface area (Å²) in [7, 11) is 0. The van der Waals surface area contributed by atoms with E-state index in [1.54, 1.807) is 22.6 Å². The smallest absolute Gasteiger partial charge is 0.126 e. The number of nitrogens with two attached hydrogens (primary N) is 1. The Balaban J connectivity index is 2.65. The van der Waals surface area contributed by atoms with Crippen LogP contribution in [0.4, 0.5) is 0 Å². The van der Waals surface area contributed by atoms with E-state index in [-0.39, 0.29) is 5.84 Å². The first kappa shape index (κ1) is 12.2. The van der Waals surface area contributed by atoms with Crippen LogP contribution in [0.5, 0.6) is 0 Å². The van der Waals surface area contributed by atoms with Crippen LogP contribution in [-0.2, 0) is 0 Å². The third-order valence-corrected chi connectivity index (χ3v) is 3.48. The van der Waals surface area contributed by atoms with Crippen molar-refractivity contribution < 1.29 is 0 Å². The Kier molecular flexibility index (Phi) is 3.54. The molecule has 4 nitrogen and oxygen atoms in total. The summed E-state index contributed by atoms with van der Waals surface area (Å²) in [4.78, 5) is 0.974. The highest BCUT2D eigenvalue weighted by molar-refractivity contribution is 9.10. The minimum Gasteiger partial charge on any atom is -0.384 e. The highest BCUT2D eigenvalue weighted by atomic mass is 79.9. The van der Waals surface area contributed by atoms with Crippen molar-refractivity contribution in [2.24, 2.45) is 5.73 Å². The lowest BCUT2D eigenvalue weighted by Crippen LogP contribution is -2.16. The average molecular weight is 311 g/mol. The van der Waals surface area contributed by atoms with Gasteiger partial charge in [0.25, 0.3) is 0 Å².